The van der Waals surface area contributed by atoms with Gasteiger partial charge in [-0.2, -0.15) is 0 Å². The van der Waals surface area contributed by atoms with Gasteiger partial charge in [-0.15, -0.1) is 0 Å². The Kier molecular flexibility index (Phi) is 6.11. The van der Waals surface area contributed by atoms with E-state index in [0.717, 1.165) is 22.9 Å². The highest BCUT2D eigenvalue weighted by atomic mass is 32.2. The number of carbonyl (C=O) groups is 1. The summed E-state index contributed by atoms with van der Waals surface area (Å²) in [6.07, 6.45) is 2.55. The Labute approximate surface area is 142 Å². The molecule has 128 valence electrons. The van der Waals surface area contributed by atoms with Crippen molar-refractivity contribution in [3.8, 4) is 0 Å². The SMILES string of the molecule is CS(=O)(=O)NC(c1ccccc1)c1ccc(CCCC(=O)O)cc1. The molecule has 0 aliphatic heterocycles. The molecule has 6 heteroatoms. The van der Waals surface area contributed by atoms with Crippen molar-refractivity contribution in [1.82, 2.24) is 4.72 Å². The van der Waals surface area contributed by atoms with Gasteiger partial charge in [-0.25, -0.2) is 13.1 Å². The first-order valence-corrected chi connectivity index (χ1v) is 9.57. The van der Waals surface area contributed by atoms with Crippen LogP contribution in [0.25, 0.3) is 0 Å². The van der Waals surface area contributed by atoms with E-state index < -0.39 is 22.0 Å². The van der Waals surface area contributed by atoms with Crippen LogP contribution in [0.5, 0.6) is 0 Å². The minimum atomic E-state index is -3.37. The van der Waals surface area contributed by atoms with Gasteiger partial charge in [0.25, 0.3) is 0 Å². The molecule has 0 aromatic heterocycles. The highest BCUT2D eigenvalue weighted by Gasteiger charge is 2.18. The summed E-state index contributed by atoms with van der Waals surface area (Å²) in [6.45, 7) is 0. The predicted octanol–water partition coefficient (Wildman–Crippen LogP) is 2.73. The summed E-state index contributed by atoms with van der Waals surface area (Å²) in [4.78, 5) is 10.6. The van der Waals surface area contributed by atoms with E-state index in [9.17, 15) is 13.2 Å². The molecule has 1 atom stereocenters. The van der Waals surface area contributed by atoms with Gasteiger partial charge in [0.05, 0.1) is 12.3 Å². The fourth-order valence-corrected chi connectivity index (χ4v) is 3.21. The number of carboxylic acids is 1. The second-order valence-electron chi connectivity index (χ2n) is 5.72. The van der Waals surface area contributed by atoms with Crippen LogP contribution in [-0.2, 0) is 21.2 Å². The number of benzene rings is 2. The maximum absolute atomic E-state index is 11.7. The Hall–Kier alpha value is -2.18. The zero-order valence-electron chi connectivity index (χ0n) is 13.5. The fraction of sp³-hybridized carbons (Fsp3) is 0.278. The number of aryl methyl sites for hydroxylation is 1. The Balaban J connectivity index is 2.19. The highest BCUT2D eigenvalue weighted by molar-refractivity contribution is 7.88. The first-order valence-electron chi connectivity index (χ1n) is 7.68. The lowest BCUT2D eigenvalue weighted by atomic mass is 9.97. The van der Waals surface area contributed by atoms with Crippen LogP contribution < -0.4 is 4.72 Å². The maximum atomic E-state index is 11.7. The van der Waals surface area contributed by atoms with Crippen molar-refractivity contribution in [3.63, 3.8) is 0 Å². The molecule has 0 aliphatic carbocycles. The number of hydrogen-bond donors (Lipinski definition) is 2. The number of aliphatic carboxylic acids is 1. The van der Waals surface area contributed by atoms with E-state index in [1.165, 1.54) is 0 Å². The zero-order chi connectivity index (χ0) is 17.6. The Morgan fingerprint density at radius 3 is 2.17 bits per heavy atom. The summed E-state index contributed by atoms with van der Waals surface area (Å²) in [6, 6.07) is 16.5. The molecule has 0 fully saturated rings. The summed E-state index contributed by atoms with van der Waals surface area (Å²) < 4.78 is 26.0. The second-order valence-corrected chi connectivity index (χ2v) is 7.50. The first-order chi connectivity index (χ1) is 11.3. The number of carboxylic acid groups (broad SMARTS) is 1. The molecule has 1 unspecified atom stereocenters. The fourth-order valence-electron chi connectivity index (χ4n) is 2.51. The van der Waals surface area contributed by atoms with Gasteiger partial charge in [0, 0.05) is 6.42 Å². The van der Waals surface area contributed by atoms with E-state index in [4.69, 9.17) is 5.11 Å². The van der Waals surface area contributed by atoms with Crippen molar-refractivity contribution >= 4 is 16.0 Å². The van der Waals surface area contributed by atoms with Crippen LogP contribution in [0, 0.1) is 0 Å². The molecule has 0 heterocycles. The quantitative estimate of drug-likeness (QED) is 0.769. The standard InChI is InChI=1S/C18H21NO4S/c1-24(22,23)19-18(15-7-3-2-4-8-15)16-12-10-14(11-13-16)6-5-9-17(20)21/h2-4,7-8,10-13,18-19H,5-6,9H2,1H3,(H,20,21). The molecule has 5 nitrogen and oxygen atoms in total. The van der Waals surface area contributed by atoms with Gasteiger partial charge in [0.15, 0.2) is 0 Å². The van der Waals surface area contributed by atoms with Gasteiger partial charge in [0.1, 0.15) is 0 Å². The third kappa shape index (κ3) is 5.79. The summed E-state index contributed by atoms with van der Waals surface area (Å²) in [7, 11) is -3.37. The largest absolute Gasteiger partial charge is 0.481 e. The normalized spacial score (nSPS) is 12.7. The van der Waals surface area contributed by atoms with Gasteiger partial charge in [-0.1, -0.05) is 54.6 Å². The van der Waals surface area contributed by atoms with Crippen LogP contribution in [0.15, 0.2) is 54.6 Å². The van der Waals surface area contributed by atoms with Crippen molar-refractivity contribution in [2.75, 3.05) is 6.26 Å². The van der Waals surface area contributed by atoms with Crippen molar-refractivity contribution in [3.05, 3.63) is 71.3 Å². The van der Waals surface area contributed by atoms with Gasteiger partial charge in [0.2, 0.25) is 10.0 Å². The Morgan fingerprint density at radius 1 is 1.04 bits per heavy atom. The van der Waals surface area contributed by atoms with Gasteiger partial charge >= 0.3 is 5.97 Å². The number of nitrogens with one attached hydrogen (secondary N) is 1. The lowest BCUT2D eigenvalue weighted by Crippen LogP contribution is -2.28. The zero-order valence-corrected chi connectivity index (χ0v) is 14.3. The van der Waals surface area contributed by atoms with Crippen LogP contribution in [-0.4, -0.2) is 25.7 Å². The predicted molar refractivity (Wildman–Crippen MR) is 93.3 cm³/mol. The molecule has 0 amide bonds. The lowest BCUT2D eigenvalue weighted by molar-refractivity contribution is -0.137. The molecule has 0 saturated carbocycles. The smallest absolute Gasteiger partial charge is 0.303 e. The third-order valence-corrected chi connectivity index (χ3v) is 4.30. The third-order valence-electron chi connectivity index (χ3n) is 3.63. The average molecular weight is 347 g/mol. The lowest BCUT2D eigenvalue weighted by Gasteiger charge is -2.19. The van der Waals surface area contributed by atoms with E-state index >= 15 is 0 Å². The van der Waals surface area contributed by atoms with Crippen LogP contribution in [0.4, 0.5) is 0 Å². The minimum absolute atomic E-state index is 0.143. The monoisotopic (exact) mass is 347 g/mol. The number of rotatable bonds is 8. The van der Waals surface area contributed by atoms with E-state index in [0.29, 0.717) is 12.8 Å². The molecule has 24 heavy (non-hydrogen) atoms. The average Bonchev–Trinajstić information content (AvgIpc) is 2.53. The first kappa shape index (κ1) is 18.2. The van der Waals surface area contributed by atoms with Gasteiger partial charge in [-0.3, -0.25) is 4.79 Å². The van der Waals surface area contributed by atoms with Crippen LogP contribution in [0.3, 0.4) is 0 Å². The number of hydrogen-bond acceptors (Lipinski definition) is 3. The molecule has 0 spiro atoms. The molecule has 2 aromatic carbocycles. The summed E-state index contributed by atoms with van der Waals surface area (Å²) >= 11 is 0. The summed E-state index contributed by atoms with van der Waals surface area (Å²) in [5.41, 5.74) is 2.74. The van der Waals surface area contributed by atoms with E-state index in [-0.39, 0.29) is 6.42 Å². The van der Waals surface area contributed by atoms with Crippen LogP contribution in [0.2, 0.25) is 0 Å². The maximum Gasteiger partial charge on any atom is 0.303 e. The van der Waals surface area contributed by atoms with Gasteiger partial charge in [-0.05, 0) is 29.5 Å². The topological polar surface area (TPSA) is 83.5 Å². The van der Waals surface area contributed by atoms with Crippen molar-refractivity contribution < 1.29 is 18.3 Å². The highest BCUT2D eigenvalue weighted by Crippen LogP contribution is 2.23. The molecule has 0 radical (unpaired) electrons. The van der Waals surface area contributed by atoms with Crippen molar-refractivity contribution in [2.45, 2.75) is 25.3 Å². The second kappa shape index (κ2) is 8.08. The molecule has 0 saturated heterocycles. The van der Waals surface area contributed by atoms with Crippen LogP contribution >= 0.6 is 0 Å². The molecule has 0 aliphatic rings. The molecule has 2 N–H and O–H groups in total. The summed E-state index contributed by atoms with van der Waals surface area (Å²) in [5, 5.41) is 8.68. The Bertz CT molecular complexity index is 770. The van der Waals surface area contributed by atoms with E-state index in [2.05, 4.69) is 4.72 Å². The molecular formula is C18H21NO4S. The minimum Gasteiger partial charge on any atom is -0.481 e. The Morgan fingerprint density at radius 2 is 1.62 bits per heavy atom. The van der Waals surface area contributed by atoms with Gasteiger partial charge < -0.3 is 5.11 Å². The van der Waals surface area contributed by atoms with Crippen molar-refractivity contribution in [1.29, 1.82) is 0 Å². The number of sulfonamides is 1. The molecule has 2 rings (SSSR count). The molecular weight excluding hydrogens is 326 g/mol. The van der Waals surface area contributed by atoms with Crippen molar-refractivity contribution in [2.24, 2.45) is 0 Å². The summed E-state index contributed by atoms with van der Waals surface area (Å²) in [5.74, 6) is -0.798. The van der Waals surface area contributed by atoms with Crippen LogP contribution in [0.1, 0.15) is 35.6 Å². The molecule has 2 aromatic rings. The van der Waals surface area contributed by atoms with E-state index in [1.807, 2.05) is 54.6 Å². The van der Waals surface area contributed by atoms with E-state index in [1.54, 1.807) is 0 Å². The molecule has 0 bridgehead atoms.